The Bertz CT molecular complexity index is 1070. The molecule has 0 radical (unpaired) electrons. The summed E-state index contributed by atoms with van der Waals surface area (Å²) in [6.07, 6.45) is 3.41. The number of nitrogens with zero attached hydrogens (tertiary/aromatic N) is 3. The zero-order chi connectivity index (χ0) is 22.1. The van der Waals surface area contributed by atoms with Gasteiger partial charge in [0.1, 0.15) is 11.9 Å². The van der Waals surface area contributed by atoms with E-state index in [0.29, 0.717) is 17.0 Å². The van der Waals surface area contributed by atoms with E-state index in [9.17, 15) is 13.7 Å². The second-order valence-electron chi connectivity index (χ2n) is 8.22. The molecule has 1 N–H and O–H groups in total. The number of anilines is 1. The van der Waals surface area contributed by atoms with Gasteiger partial charge in [0, 0.05) is 25.8 Å². The summed E-state index contributed by atoms with van der Waals surface area (Å²) in [6, 6.07) is 5.74. The monoisotopic (exact) mass is 426 g/mol. The lowest BCUT2D eigenvalue weighted by Gasteiger charge is -2.33. The van der Waals surface area contributed by atoms with E-state index in [1.165, 1.54) is 0 Å². The van der Waals surface area contributed by atoms with Gasteiger partial charge >= 0.3 is 0 Å². The molecule has 2 heterocycles. The first-order chi connectivity index (χ1) is 14.2. The molecule has 7 heteroatoms. The molecule has 2 aromatic rings. The number of piperidine rings is 1. The molecular weight excluding hydrogens is 396 g/mol. The van der Waals surface area contributed by atoms with Crippen LogP contribution in [0, 0.1) is 51.9 Å². The van der Waals surface area contributed by atoms with Gasteiger partial charge in [0.2, 0.25) is 10.0 Å². The Labute approximate surface area is 180 Å². The van der Waals surface area contributed by atoms with Gasteiger partial charge in [-0.3, -0.25) is 0 Å². The third-order valence-corrected chi connectivity index (χ3v) is 8.28. The van der Waals surface area contributed by atoms with Gasteiger partial charge in [-0.25, -0.2) is 18.1 Å². The highest BCUT2D eigenvalue weighted by atomic mass is 32.2. The molecule has 0 bridgehead atoms. The molecule has 6 nitrogen and oxygen atoms in total. The van der Waals surface area contributed by atoms with E-state index < -0.39 is 10.0 Å². The second kappa shape index (κ2) is 8.75. The van der Waals surface area contributed by atoms with Crippen LogP contribution in [-0.2, 0) is 10.0 Å². The summed E-state index contributed by atoms with van der Waals surface area (Å²) in [5.41, 5.74) is 5.47. The smallest absolute Gasteiger partial charge is 0.241 e. The summed E-state index contributed by atoms with van der Waals surface area (Å²) < 4.78 is 29.1. The predicted octanol–water partition coefficient (Wildman–Crippen LogP) is 3.69. The van der Waals surface area contributed by atoms with Crippen LogP contribution in [0.15, 0.2) is 23.2 Å². The molecule has 1 aromatic heterocycles. The Hall–Kier alpha value is -2.43. The lowest BCUT2D eigenvalue weighted by Crippen LogP contribution is -2.39. The molecule has 0 amide bonds. The van der Waals surface area contributed by atoms with Crippen LogP contribution in [-0.4, -0.2) is 33.0 Å². The molecule has 3 rings (SSSR count). The lowest BCUT2D eigenvalue weighted by molar-refractivity contribution is 0.400. The van der Waals surface area contributed by atoms with Crippen LogP contribution in [0.2, 0.25) is 0 Å². The highest BCUT2D eigenvalue weighted by molar-refractivity contribution is 7.89. The minimum Gasteiger partial charge on any atom is -0.356 e. The van der Waals surface area contributed by atoms with Crippen LogP contribution >= 0.6 is 0 Å². The van der Waals surface area contributed by atoms with Crippen molar-refractivity contribution in [2.75, 3.05) is 24.5 Å². The van der Waals surface area contributed by atoms with Gasteiger partial charge < -0.3 is 4.90 Å². The van der Waals surface area contributed by atoms with Gasteiger partial charge in [-0.05, 0) is 93.3 Å². The first-order valence-corrected chi connectivity index (χ1v) is 11.8. The number of rotatable bonds is 5. The minimum atomic E-state index is -3.58. The zero-order valence-corrected chi connectivity index (χ0v) is 19.2. The highest BCUT2D eigenvalue weighted by Crippen LogP contribution is 2.30. The van der Waals surface area contributed by atoms with Crippen molar-refractivity contribution >= 4 is 15.8 Å². The summed E-state index contributed by atoms with van der Waals surface area (Å²) in [5, 5.41) is 9.29. The summed E-state index contributed by atoms with van der Waals surface area (Å²) in [7, 11) is -3.58. The molecule has 0 saturated carbocycles. The standard InChI is InChI=1S/C23H30N4O2S/c1-15-16(2)18(4)22(19(5)17(15)3)30(28,29)26-14-20-8-11-27(12-9-20)23-21(13-24)7-6-10-25-23/h6-7,10,20,26H,8-9,11-12,14H2,1-5H3. The first-order valence-electron chi connectivity index (χ1n) is 10.3. The molecule has 30 heavy (non-hydrogen) atoms. The van der Waals surface area contributed by atoms with Crippen molar-refractivity contribution in [2.24, 2.45) is 5.92 Å². The Balaban J connectivity index is 1.68. The van der Waals surface area contributed by atoms with E-state index in [2.05, 4.69) is 20.7 Å². The van der Waals surface area contributed by atoms with Gasteiger partial charge in [-0.1, -0.05) is 0 Å². The van der Waals surface area contributed by atoms with Gasteiger partial charge in [-0.15, -0.1) is 0 Å². The molecule has 0 spiro atoms. The molecule has 0 unspecified atom stereocenters. The number of sulfonamides is 1. The van der Waals surface area contributed by atoms with Crippen LogP contribution < -0.4 is 9.62 Å². The number of benzene rings is 1. The van der Waals surface area contributed by atoms with Gasteiger partial charge in [0.25, 0.3) is 0 Å². The summed E-state index contributed by atoms with van der Waals surface area (Å²) >= 11 is 0. The number of nitriles is 1. The van der Waals surface area contributed by atoms with Crippen LogP contribution in [0.25, 0.3) is 0 Å². The molecule has 0 atom stereocenters. The largest absolute Gasteiger partial charge is 0.356 e. The van der Waals surface area contributed by atoms with Gasteiger partial charge in [-0.2, -0.15) is 5.26 Å². The number of aromatic nitrogens is 1. The number of hydrogen-bond acceptors (Lipinski definition) is 5. The second-order valence-corrected chi connectivity index (χ2v) is 9.93. The first kappa shape index (κ1) is 22.3. The van der Waals surface area contributed by atoms with E-state index in [1.54, 1.807) is 18.3 Å². The Morgan fingerprint density at radius 3 is 2.20 bits per heavy atom. The predicted molar refractivity (Wildman–Crippen MR) is 119 cm³/mol. The summed E-state index contributed by atoms with van der Waals surface area (Å²) in [5.74, 6) is 0.981. The maximum Gasteiger partial charge on any atom is 0.241 e. The Morgan fingerprint density at radius 2 is 1.63 bits per heavy atom. The van der Waals surface area contributed by atoms with Crippen molar-refractivity contribution < 1.29 is 8.42 Å². The number of hydrogen-bond donors (Lipinski definition) is 1. The minimum absolute atomic E-state index is 0.263. The Kier molecular flexibility index (Phi) is 6.49. The molecule has 1 aromatic carbocycles. The van der Waals surface area contributed by atoms with Crippen LogP contribution in [0.4, 0.5) is 5.82 Å². The molecule has 1 aliphatic heterocycles. The average Bonchev–Trinajstić information content (AvgIpc) is 2.75. The van der Waals surface area contributed by atoms with Crippen molar-refractivity contribution in [3.05, 3.63) is 51.7 Å². The number of nitrogens with one attached hydrogen (secondary N) is 1. The third-order valence-electron chi connectivity index (χ3n) is 6.58. The molecular formula is C23H30N4O2S. The van der Waals surface area contributed by atoms with Crippen LogP contribution in [0.5, 0.6) is 0 Å². The van der Waals surface area contributed by atoms with Gasteiger partial charge in [0.05, 0.1) is 10.5 Å². The molecule has 0 aliphatic carbocycles. The van der Waals surface area contributed by atoms with E-state index >= 15 is 0 Å². The quantitative estimate of drug-likeness (QED) is 0.788. The summed E-state index contributed by atoms with van der Waals surface area (Å²) in [6.45, 7) is 11.7. The fourth-order valence-corrected chi connectivity index (χ4v) is 5.97. The van der Waals surface area contributed by atoms with Gasteiger partial charge in [0.15, 0.2) is 0 Å². The third kappa shape index (κ3) is 4.21. The zero-order valence-electron chi connectivity index (χ0n) is 18.4. The van der Waals surface area contributed by atoms with E-state index in [4.69, 9.17) is 0 Å². The van der Waals surface area contributed by atoms with Crippen molar-refractivity contribution in [1.82, 2.24) is 9.71 Å². The topological polar surface area (TPSA) is 86.1 Å². The van der Waals surface area contributed by atoms with Crippen LogP contribution in [0.3, 0.4) is 0 Å². The normalized spacial score (nSPS) is 15.3. The van der Waals surface area contributed by atoms with Crippen molar-refractivity contribution in [3.63, 3.8) is 0 Å². The van der Waals surface area contributed by atoms with E-state index in [1.807, 2.05) is 34.6 Å². The fraction of sp³-hybridized carbons (Fsp3) is 0.478. The van der Waals surface area contributed by atoms with E-state index in [0.717, 1.165) is 59.6 Å². The van der Waals surface area contributed by atoms with Crippen molar-refractivity contribution in [3.8, 4) is 6.07 Å². The number of pyridine rings is 1. The van der Waals surface area contributed by atoms with Crippen LogP contribution in [0.1, 0.15) is 46.2 Å². The highest BCUT2D eigenvalue weighted by Gasteiger charge is 2.26. The molecule has 1 fully saturated rings. The molecule has 1 saturated heterocycles. The fourth-order valence-electron chi connectivity index (χ4n) is 4.25. The SMILES string of the molecule is Cc1c(C)c(C)c(S(=O)(=O)NCC2CCN(c3ncccc3C#N)CC2)c(C)c1C. The lowest BCUT2D eigenvalue weighted by atomic mass is 9.95. The maximum absolute atomic E-state index is 13.1. The van der Waals surface area contributed by atoms with Crippen molar-refractivity contribution in [1.29, 1.82) is 5.26 Å². The summed E-state index contributed by atoms with van der Waals surface area (Å²) in [4.78, 5) is 6.90. The molecule has 160 valence electrons. The average molecular weight is 427 g/mol. The van der Waals surface area contributed by atoms with E-state index in [-0.39, 0.29) is 5.92 Å². The van der Waals surface area contributed by atoms with Crippen molar-refractivity contribution in [2.45, 2.75) is 52.4 Å². The Morgan fingerprint density at radius 1 is 1.07 bits per heavy atom. The maximum atomic E-state index is 13.1. The molecule has 1 aliphatic rings.